The van der Waals surface area contributed by atoms with E-state index in [1.54, 1.807) is 50.4 Å². The number of amides is 10. The number of rotatable bonds is 32. The number of carbonyl (C=O) groups is 11. The lowest BCUT2D eigenvalue weighted by atomic mass is 10.0. The van der Waals surface area contributed by atoms with Crippen molar-refractivity contribution in [1.29, 1.82) is 0 Å². The highest BCUT2D eigenvalue weighted by Crippen LogP contribution is 2.21. The molecule has 0 unspecified atom stereocenters. The third kappa shape index (κ3) is 21.2. The van der Waals surface area contributed by atoms with Crippen LogP contribution in [0.3, 0.4) is 0 Å². The molecule has 1 aliphatic rings. The summed E-state index contributed by atoms with van der Waals surface area (Å²) in [6.07, 6.45) is -0.881. The molecule has 15 N–H and O–H groups in total. The Morgan fingerprint density at radius 2 is 1.18 bits per heavy atom. The number of nitrogens with one attached hydrogen (secondary N) is 7. The van der Waals surface area contributed by atoms with Crippen LogP contribution in [-0.4, -0.2) is 171 Å². The van der Waals surface area contributed by atoms with Crippen LogP contribution in [0.4, 0.5) is 0 Å². The molecule has 0 aromatic heterocycles. The zero-order valence-corrected chi connectivity index (χ0v) is 43.4. The zero-order chi connectivity index (χ0) is 54.2. The normalized spacial score (nSPS) is 17.0. The molecule has 1 aliphatic heterocycles. The number of thiol groups is 2. The van der Waals surface area contributed by atoms with Crippen LogP contribution in [0.25, 0.3) is 0 Å². The minimum Gasteiger partial charge on any atom is -0.480 e. The zero-order valence-electron chi connectivity index (χ0n) is 40.8. The second-order valence-electron chi connectivity index (χ2n) is 17.7. The highest BCUT2D eigenvalue weighted by Gasteiger charge is 2.41. The van der Waals surface area contributed by atoms with Crippen LogP contribution in [0.1, 0.15) is 77.7 Å². The fourth-order valence-corrected chi connectivity index (χ4v) is 8.31. The number of likely N-dealkylation sites (tertiary alicyclic amines) is 1. The lowest BCUT2D eigenvalue weighted by Crippen LogP contribution is -2.61. The summed E-state index contributed by atoms with van der Waals surface area (Å²) in [5.41, 5.74) is 17.4. The predicted octanol–water partition coefficient (Wildman–Crippen LogP) is -3.40. The second-order valence-corrected chi connectivity index (χ2v) is 19.4. The molecule has 0 bridgehead atoms. The van der Waals surface area contributed by atoms with E-state index in [4.69, 9.17) is 17.2 Å². The van der Waals surface area contributed by atoms with Crippen LogP contribution in [-0.2, 0) is 59.2 Å². The van der Waals surface area contributed by atoms with Crippen molar-refractivity contribution >= 4 is 102 Å². The Balaban J connectivity index is 2.39. The van der Waals surface area contributed by atoms with E-state index in [-0.39, 0.29) is 75.3 Å². The number of primary amides is 2. The molecule has 27 heteroatoms. The third-order valence-corrected chi connectivity index (χ3v) is 12.7. The van der Waals surface area contributed by atoms with Crippen molar-refractivity contribution in [1.82, 2.24) is 42.1 Å². The van der Waals surface area contributed by atoms with Crippen molar-refractivity contribution in [3.63, 3.8) is 0 Å². The number of nitrogens with zero attached hydrogens (tertiary/aromatic N) is 1. The molecule has 0 radical (unpaired) electrons. The van der Waals surface area contributed by atoms with Gasteiger partial charge in [-0.2, -0.15) is 37.0 Å². The molecular formula is C45H71N11O13S3. The molecule has 2 rings (SSSR count). The average molecular weight is 1070 g/mol. The first-order valence-electron chi connectivity index (χ1n) is 23.3. The van der Waals surface area contributed by atoms with Gasteiger partial charge in [-0.3, -0.25) is 47.9 Å². The van der Waals surface area contributed by atoms with Crippen molar-refractivity contribution in [3.05, 3.63) is 35.9 Å². The monoisotopic (exact) mass is 1070 g/mol. The summed E-state index contributed by atoms with van der Waals surface area (Å²) in [7, 11) is 0. The number of carboxylic acids is 1. The number of nitrogens with two attached hydrogens (primary N) is 3. The number of benzene rings is 1. The largest absolute Gasteiger partial charge is 0.480 e. The van der Waals surface area contributed by atoms with Gasteiger partial charge < -0.3 is 69.5 Å². The van der Waals surface area contributed by atoms with E-state index >= 15 is 0 Å². The predicted molar refractivity (Wildman–Crippen MR) is 273 cm³/mol. The number of aliphatic carboxylic acids is 1. The van der Waals surface area contributed by atoms with Crippen molar-refractivity contribution in [2.75, 3.05) is 30.1 Å². The number of carbonyl (C=O) groups excluding carboxylic acids is 10. The van der Waals surface area contributed by atoms with Gasteiger partial charge in [-0.15, -0.1) is 0 Å². The van der Waals surface area contributed by atoms with Gasteiger partial charge in [0.25, 0.3) is 0 Å². The molecule has 1 saturated heterocycles. The molecule has 1 aromatic carbocycles. The number of carboxylic acid groups (broad SMARTS) is 1. The first-order valence-corrected chi connectivity index (χ1v) is 26.0. The summed E-state index contributed by atoms with van der Waals surface area (Å²) in [6, 6.07) is -3.62. The molecule has 1 aromatic rings. The maximum atomic E-state index is 14.3. The van der Waals surface area contributed by atoms with E-state index in [1.807, 2.05) is 0 Å². The van der Waals surface area contributed by atoms with Gasteiger partial charge in [0.2, 0.25) is 59.1 Å². The Bertz CT molecular complexity index is 2060. The topological polar surface area (TPSA) is 394 Å². The van der Waals surface area contributed by atoms with Crippen molar-refractivity contribution in [2.24, 2.45) is 23.1 Å². The first kappa shape index (κ1) is 62.5. The van der Waals surface area contributed by atoms with Crippen LogP contribution in [0, 0.1) is 5.92 Å². The minimum absolute atomic E-state index is 0.0158. The molecule has 0 aliphatic carbocycles. The van der Waals surface area contributed by atoms with Gasteiger partial charge in [0.05, 0.1) is 12.1 Å². The molecule has 402 valence electrons. The summed E-state index contributed by atoms with van der Waals surface area (Å²) in [5, 5.41) is 37.6. The van der Waals surface area contributed by atoms with E-state index in [0.717, 1.165) is 4.90 Å². The fourth-order valence-electron chi connectivity index (χ4n) is 7.42. The molecule has 10 atom stereocenters. The highest BCUT2D eigenvalue weighted by molar-refractivity contribution is 7.98. The third-order valence-electron chi connectivity index (χ3n) is 11.3. The van der Waals surface area contributed by atoms with E-state index in [9.17, 15) is 63.0 Å². The maximum Gasteiger partial charge on any atom is 0.327 e. The lowest BCUT2D eigenvalue weighted by Gasteiger charge is -2.31. The molecule has 1 heterocycles. The quantitative estimate of drug-likeness (QED) is 0.0313. The number of aliphatic hydroxyl groups is 1. The number of aliphatic hydroxyl groups excluding tert-OH is 1. The lowest BCUT2D eigenvalue weighted by molar-refractivity contribution is -0.143. The summed E-state index contributed by atoms with van der Waals surface area (Å²) in [6.45, 7) is 4.70. The second kappa shape index (κ2) is 31.7. The minimum atomic E-state index is -1.66. The molecule has 24 nitrogen and oxygen atoms in total. The van der Waals surface area contributed by atoms with Gasteiger partial charge in [0, 0.05) is 37.3 Å². The van der Waals surface area contributed by atoms with Crippen LogP contribution < -0.4 is 54.4 Å². The van der Waals surface area contributed by atoms with Gasteiger partial charge in [-0.25, -0.2) is 4.79 Å². The fraction of sp³-hybridized carbons (Fsp3) is 0.622. The Morgan fingerprint density at radius 1 is 0.681 bits per heavy atom. The molecule has 0 spiro atoms. The van der Waals surface area contributed by atoms with Crippen molar-refractivity contribution in [2.45, 2.75) is 139 Å². The van der Waals surface area contributed by atoms with Crippen LogP contribution >= 0.6 is 37.0 Å². The molecule has 10 amide bonds. The first-order chi connectivity index (χ1) is 33.9. The highest BCUT2D eigenvalue weighted by atomic mass is 32.2. The van der Waals surface area contributed by atoms with E-state index in [2.05, 4.69) is 62.5 Å². The standard InChI is InChI=1S/C45H71N11O13S3/c1-23(2)19-30(40(63)54-32(22-71)45(68)69)53-43(66)36(24(3)57)55-42(65)33-11-8-17-56(33)44(67)29(13-15-35(48)59)51-39(62)28(16-18-72-4)50-38(61)27(12-14-34(47)58)49-41(64)31(52-37(60)26(46)21-70)20-25-9-6-5-7-10-25/h5-7,9-10,23-24,26-33,36,57,70-71H,8,11-22,46H2,1-4H3,(H2,47,58)(H2,48,59)(H,49,64)(H,50,61)(H,51,62)(H,52,60)(H,53,66)(H,54,63)(H,55,65)(H,68,69)/t24-,26+,27+,28+,29+,30+,31+,32+,33+,36+/m1/s1. The van der Waals surface area contributed by atoms with Crippen LogP contribution in [0.2, 0.25) is 0 Å². The molecule has 72 heavy (non-hydrogen) atoms. The number of hydrogen-bond acceptors (Lipinski definition) is 16. The van der Waals surface area contributed by atoms with Gasteiger partial charge >= 0.3 is 5.97 Å². The average Bonchev–Trinajstić information content (AvgIpc) is 3.82. The maximum absolute atomic E-state index is 14.3. The van der Waals surface area contributed by atoms with Crippen molar-refractivity contribution in [3.8, 4) is 0 Å². The van der Waals surface area contributed by atoms with Crippen LogP contribution in [0.5, 0.6) is 0 Å². The molecule has 0 saturated carbocycles. The van der Waals surface area contributed by atoms with E-state index in [0.29, 0.717) is 11.3 Å². The summed E-state index contributed by atoms with van der Waals surface area (Å²) in [4.78, 5) is 146. The Labute approximate surface area is 433 Å². The van der Waals surface area contributed by atoms with E-state index in [1.165, 1.54) is 18.7 Å². The van der Waals surface area contributed by atoms with E-state index < -0.39 is 132 Å². The van der Waals surface area contributed by atoms with Gasteiger partial charge in [0.15, 0.2) is 0 Å². The Morgan fingerprint density at radius 3 is 1.69 bits per heavy atom. The molecular weight excluding hydrogens is 999 g/mol. The van der Waals surface area contributed by atoms with Gasteiger partial charge in [-0.1, -0.05) is 44.2 Å². The smallest absolute Gasteiger partial charge is 0.327 e. The summed E-state index contributed by atoms with van der Waals surface area (Å²) < 4.78 is 0. The summed E-state index contributed by atoms with van der Waals surface area (Å²) in [5.74, 6) is -10.0. The molecule has 1 fully saturated rings. The van der Waals surface area contributed by atoms with Gasteiger partial charge in [0.1, 0.15) is 48.3 Å². The number of thioether (sulfide) groups is 1. The van der Waals surface area contributed by atoms with Crippen LogP contribution in [0.15, 0.2) is 30.3 Å². The SMILES string of the molecule is CSCC[C@H](NC(=O)[C@H](CCC(N)=O)NC(=O)[C@H](Cc1ccccc1)NC(=O)[C@@H](N)CS)C(=O)N[C@@H](CCC(N)=O)C(=O)N1CCC[C@H]1C(=O)N[C@H](C(=O)N[C@@H](CC(C)C)C(=O)N[C@@H](CS)C(=O)O)[C@@H](C)O. The Hall–Kier alpha value is -5.64. The van der Waals surface area contributed by atoms with Gasteiger partial charge in [-0.05, 0) is 68.9 Å². The summed E-state index contributed by atoms with van der Waals surface area (Å²) >= 11 is 9.32. The number of hydrogen-bond donors (Lipinski definition) is 14. The van der Waals surface area contributed by atoms with Crippen molar-refractivity contribution < 1.29 is 63.0 Å². The Kier molecular flexibility index (Phi) is 27.5.